The Morgan fingerprint density at radius 3 is 2.64 bits per heavy atom. The molecule has 0 bridgehead atoms. The van der Waals surface area contributed by atoms with E-state index in [-0.39, 0.29) is 18.3 Å². The fraction of sp³-hybridized carbons (Fsp3) is 0.474. The van der Waals surface area contributed by atoms with Crippen LogP contribution in [0.15, 0.2) is 24.3 Å². The molecule has 0 aliphatic heterocycles. The van der Waals surface area contributed by atoms with E-state index in [1.54, 1.807) is 0 Å². The van der Waals surface area contributed by atoms with Gasteiger partial charge < -0.3 is 14.8 Å². The molecule has 0 aliphatic rings. The predicted octanol–water partition coefficient (Wildman–Crippen LogP) is 2.86. The van der Waals surface area contributed by atoms with Crippen LogP contribution < -0.4 is 10.1 Å². The number of hydrogen-bond acceptors (Lipinski definition) is 6. The van der Waals surface area contributed by atoms with Gasteiger partial charge in [0.15, 0.2) is 10.6 Å². The molecule has 0 spiro atoms. The van der Waals surface area contributed by atoms with Gasteiger partial charge in [0, 0.05) is 31.5 Å². The number of carbonyl (C=O) groups is 2. The van der Waals surface area contributed by atoms with Crippen LogP contribution in [-0.2, 0) is 20.9 Å². The van der Waals surface area contributed by atoms with Gasteiger partial charge in [0.2, 0.25) is 5.91 Å². The number of methoxy groups -OCH3 is 1. The molecule has 2 rings (SSSR count). The van der Waals surface area contributed by atoms with Crippen molar-refractivity contribution in [1.82, 2.24) is 20.1 Å². The summed E-state index contributed by atoms with van der Waals surface area (Å²) in [4.78, 5) is 23.1. The summed E-state index contributed by atoms with van der Waals surface area (Å²) in [6, 6.07) is 7.57. The van der Waals surface area contributed by atoms with Gasteiger partial charge in [-0.2, -0.15) is 5.10 Å². The van der Waals surface area contributed by atoms with Crippen molar-refractivity contribution in [2.45, 2.75) is 39.2 Å². The first-order valence-corrected chi connectivity index (χ1v) is 9.68. The Balaban J connectivity index is 1.86. The maximum Gasteiger partial charge on any atom is 0.305 e. The van der Waals surface area contributed by atoms with Gasteiger partial charge in [0.05, 0.1) is 13.7 Å². The lowest BCUT2D eigenvalue weighted by atomic mass is 10.2. The molecule has 0 aliphatic carbocycles. The Morgan fingerprint density at radius 1 is 1.21 bits per heavy atom. The van der Waals surface area contributed by atoms with Crippen molar-refractivity contribution in [3.8, 4) is 17.1 Å². The molecule has 0 atom stereocenters. The summed E-state index contributed by atoms with van der Waals surface area (Å²) in [7, 11) is 1.37. The molecule has 0 unspecified atom stereocenters. The van der Waals surface area contributed by atoms with Gasteiger partial charge in [-0.15, -0.1) is 0 Å². The Kier molecular flexibility index (Phi) is 8.67. The average Bonchev–Trinajstić information content (AvgIpc) is 3.07. The van der Waals surface area contributed by atoms with Crippen molar-refractivity contribution in [3.63, 3.8) is 0 Å². The van der Waals surface area contributed by atoms with Crippen LogP contribution in [0.25, 0.3) is 11.4 Å². The van der Waals surface area contributed by atoms with Crippen molar-refractivity contribution < 1.29 is 19.1 Å². The molecule has 2 N–H and O–H groups in total. The topological polar surface area (TPSA) is 98.2 Å². The zero-order valence-electron chi connectivity index (χ0n) is 16.2. The minimum absolute atomic E-state index is 0.0705. The lowest BCUT2D eigenvalue weighted by Crippen LogP contribution is -2.25. The number of benzene rings is 1. The van der Waals surface area contributed by atoms with Crippen molar-refractivity contribution >= 4 is 24.1 Å². The highest BCUT2D eigenvalue weighted by Gasteiger charge is 2.11. The van der Waals surface area contributed by atoms with Gasteiger partial charge in [-0.3, -0.25) is 19.3 Å². The Hall–Kier alpha value is -2.68. The van der Waals surface area contributed by atoms with Crippen molar-refractivity contribution in [3.05, 3.63) is 29.0 Å². The minimum atomic E-state index is -0.234. The predicted molar refractivity (Wildman–Crippen MR) is 108 cm³/mol. The normalized spacial score (nSPS) is 10.5. The first kappa shape index (κ1) is 21.6. The minimum Gasteiger partial charge on any atom is -0.494 e. The molecule has 1 aromatic heterocycles. The van der Waals surface area contributed by atoms with E-state index in [0.717, 1.165) is 17.7 Å². The van der Waals surface area contributed by atoms with Crippen LogP contribution >= 0.6 is 12.2 Å². The highest BCUT2D eigenvalue weighted by Crippen LogP contribution is 2.21. The van der Waals surface area contributed by atoms with Gasteiger partial charge >= 0.3 is 5.97 Å². The molecular weight excluding hydrogens is 380 g/mol. The van der Waals surface area contributed by atoms with Gasteiger partial charge in [0.25, 0.3) is 0 Å². The Morgan fingerprint density at radius 2 is 1.96 bits per heavy atom. The van der Waals surface area contributed by atoms with E-state index in [9.17, 15) is 9.59 Å². The first-order valence-electron chi connectivity index (χ1n) is 9.27. The number of rotatable bonds is 11. The molecule has 2 aromatic rings. The van der Waals surface area contributed by atoms with Gasteiger partial charge in [-0.25, -0.2) is 0 Å². The molecule has 1 heterocycles. The monoisotopic (exact) mass is 406 g/mol. The SMILES string of the molecule is CCOc1ccc(-c2n[nH]c(=S)n2CCC(=O)NCCCCC(=O)OC)cc1. The number of hydrogen-bond donors (Lipinski definition) is 2. The van der Waals surface area contributed by atoms with E-state index in [4.69, 9.17) is 17.0 Å². The van der Waals surface area contributed by atoms with Gasteiger partial charge in [0.1, 0.15) is 5.75 Å². The Bertz CT molecular complexity index is 829. The highest BCUT2D eigenvalue weighted by molar-refractivity contribution is 7.71. The summed E-state index contributed by atoms with van der Waals surface area (Å²) in [5.74, 6) is 1.17. The van der Waals surface area contributed by atoms with Crippen LogP contribution in [0.4, 0.5) is 0 Å². The van der Waals surface area contributed by atoms with Crippen LogP contribution in [-0.4, -0.2) is 46.9 Å². The Labute approximate surface area is 169 Å². The lowest BCUT2D eigenvalue weighted by molar-refractivity contribution is -0.140. The zero-order valence-corrected chi connectivity index (χ0v) is 17.0. The summed E-state index contributed by atoms with van der Waals surface area (Å²) >= 11 is 5.29. The van der Waals surface area contributed by atoms with Crippen LogP contribution in [0.2, 0.25) is 0 Å². The number of unbranched alkanes of at least 4 members (excludes halogenated alkanes) is 1. The van der Waals surface area contributed by atoms with E-state index in [1.165, 1.54) is 7.11 Å². The number of carbonyl (C=O) groups excluding carboxylic acids is 2. The largest absolute Gasteiger partial charge is 0.494 e. The quantitative estimate of drug-likeness (QED) is 0.338. The molecule has 0 saturated heterocycles. The van der Waals surface area contributed by atoms with Crippen LogP contribution in [0.1, 0.15) is 32.6 Å². The third-order valence-corrected chi connectivity index (χ3v) is 4.41. The van der Waals surface area contributed by atoms with Crippen LogP contribution in [0.3, 0.4) is 0 Å². The second-order valence-corrected chi connectivity index (χ2v) is 6.48. The van der Waals surface area contributed by atoms with Crippen molar-refractivity contribution in [2.75, 3.05) is 20.3 Å². The lowest BCUT2D eigenvalue weighted by Gasteiger charge is -2.09. The van der Waals surface area contributed by atoms with Gasteiger partial charge in [-0.1, -0.05) is 0 Å². The second kappa shape index (κ2) is 11.2. The van der Waals surface area contributed by atoms with E-state index >= 15 is 0 Å². The van der Waals surface area contributed by atoms with E-state index in [0.29, 0.717) is 43.1 Å². The number of amides is 1. The molecule has 28 heavy (non-hydrogen) atoms. The third-order valence-electron chi connectivity index (χ3n) is 4.10. The maximum atomic E-state index is 12.1. The van der Waals surface area contributed by atoms with Gasteiger partial charge in [-0.05, 0) is 56.2 Å². The van der Waals surface area contributed by atoms with Crippen molar-refractivity contribution in [2.24, 2.45) is 0 Å². The fourth-order valence-electron chi connectivity index (χ4n) is 2.64. The van der Waals surface area contributed by atoms with E-state index in [2.05, 4.69) is 20.3 Å². The number of nitrogens with one attached hydrogen (secondary N) is 2. The average molecular weight is 407 g/mol. The number of H-pyrrole nitrogens is 1. The van der Waals surface area contributed by atoms with E-state index in [1.807, 2.05) is 35.8 Å². The molecule has 0 radical (unpaired) electrons. The third kappa shape index (κ3) is 6.49. The number of esters is 1. The molecule has 1 amide bonds. The molecule has 0 fully saturated rings. The second-order valence-electron chi connectivity index (χ2n) is 6.09. The van der Waals surface area contributed by atoms with Crippen LogP contribution in [0, 0.1) is 4.77 Å². The molecule has 1 aromatic carbocycles. The first-order chi connectivity index (χ1) is 13.5. The number of ether oxygens (including phenoxy) is 2. The summed E-state index contributed by atoms with van der Waals surface area (Å²) in [5, 5.41) is 9.92. The molecule has 8 nitrogen and oxygen atoms in total. The van der Waals surface area contributed by atoms with E-state index < -0.39 is 0 Å². The number of nitrogens with zero attached hydrogens (tertiary/aromatic N) is 2. The molecule has 152 valence electrons. The molecule has 0 saturated carbocycles. The number of aromatic amines is 1. The summed E-state index contributed by atoms with van der Waals surface area (Å²) in [6.07, 6.45) is 2.06. The number of aromatic nitrogens is 3. The molecular formula is C19H26N4O4S. The van der Waals surface area contributed by atoms with Crippen LogP contribution in [0.5, 0.6) is 5.75 Å². The summed E-state index contributed by atoms with van der Waals surface area (Å²) < 4.78 is 12.3. The maximum absolute atomic E-state index is 12.1. The fourth-order valence-corrected chi connectivity index (χ4v) is 2.86. The van der Waals surface area contributed by atoms with Crippen molar-refractivity contribution in [1.29, 1.82) is 0 Å². The zero-order chi connectivity index (χ0) is 20.4. The standard InChI is InChI=1S/C19H26N4O4S/c1-3-27-15-9-7-14(8-10-15)18-21-22-19(28)23(18)13-11-16(24)20-12-5-4-6-17(25)26-2/h7-10H,3-6,11-13H2,1-2H3,(H,20,24)(H,22,28). The summed E-state index contributed by atoms with van der Waals surface area (Å²) in [5.41, 5.74) is 0.888. The smallest absolute Gasteiger partial charge is 0.305 e. The summed E-state index contributed by atoms with van der Waals surface area (Å²) in [6.45, 7) is 3.49. The highest BCUT2D eigenvalue weighted by atomic mass is 32.1. The molecule has 9 heteroatoms.